The normalized spacial score (nSPS) is 10.6. The van der Waals surface area contributed by atoms with E-state index in [4.69, 9.17) is 11.6 Å². The van der Waals surface area contributed by atoms with Gasteiger partial charge in [-0.15, -0.1) is 11.3 Å². The van der Waals surface area contributed by atoms with Gasteiger partial charge in [-0.3, -0.25) is 9.59 Å². The van der Waals surface area contributed by atoms with Crippen LogP contribution in [0, 0.1) is 5.82 Å². The van der Waals surface area contributed by atoms with Crippen molar-refractivity contribution in [1.29, 1.82) is 0 Å². The standard InChI is InChI=1S/C17H12ClFN2O2S/c1-9(22)20-11-3-2-4-12(8-11)21-17(23)16-15(18)13-6-5-10(19)7-14(13)24-16/h2-8H,1H3,(H,20,22)(H,21,23). The highest BCUT2D eigenvalue weighted by Gasteiger charge is 2.17. The molecule has 1 aromatic heterocycles. The lowest BCUT2D eigenvalue weighted by atomic mass is 10.2. The van der Waals surface area contributed by atoms with Crippen molar-refractivity contribution >= 4 is 56.2 Å². The van der Waals surface area contributed by atoms with Crippen LogP contribution in [0.3, 0.4) is 0 Å². The topological polar surface area (TPSA) is 58.2 Å². The average molecular weight is 363 g/mol. The zero-order valence-electron chi connectivity index (χ0n) is 12.5. The lowest BCUT2D eigenvalue weighted by Gasteiger charge is -2.07. The van der Waals surface area contributed by atoms with Gasteiger partial charge in [0.2, 0.25) is 5.91 Å². The Labute approximate surface area is 146 Å². The minimum atomic E-state index is -0.387. The molecule has 0 radical (unpaired) electrons. The van der Waals surface area contributed by atoms with Gasteiger partial charge in [-0.05, 0) is 36.4 Å². The number of rotatable bonds is 3. The number of benzene rings is 2. The minimum absolute atomic E-state index is 0.201. The first kappa shape index (κ1) is 16.4. The van der Waals surface area contributed by atoms with Crippen molar-refractivity contribution < 1.29 is 14.0 Å². The number of carbonyl (C=O) groups is 2. The van der Waals surface area contributed by atoms with Gasteiger partial charge in [0, 0.05) is 28.4 Å². The highest BCUT2D eigenvalue weighted by molar-refractivity contribution is 7.21. The average Bonchev–Trinajstić information content (AvgIpc) is 2.83. The maximum absolute atomic E-state index is 13.3. The second-order valence-electron chi connectivity index (χ2n) is 5.10. The molecule has 0 fully saturated rings. The van der Waals surface area contributed by atoms with Gasteiger partial charge in [0.1, 0.15) is 10.7 Å². The molecule has 0 saturated heterocycles. The Balaban J connectivity index is 1.87. The van der Waals surface area contributed by atoms with Crippen molar-refractivity contribution in [3.05, 3.63) is 58.2 Å². The summed E-state index contributed by atoms with van der Waals surface area (Å²) in [7, 11) is 0. The van der Waals surface area contributed by atoms with Crippen LogP contribution in [0.15, 0.2) is 42.5 Å². The summed E-state index contributed by atoms with van der Waals surface area (Å²) in [4.78, 5) is 23.9. The van der Waals surface area contributed by atoms with Crippen LogP contribution in [-0.4, -0.2) is 11.8 Å². The van der Waals surface area contributed by atoms with Gasteiger partial charge in [0.25, 0.3) is 5.91 Å². The third-order valence-corrected chi connectivity index (χ3v) is 4.89. The highest BCUT2D eigenvalue weighted by atomic mass is 35.5. The lowest BCUT2D eigenvalue weighted by Crippen LogP contribution is -2.11. The molecular weight excluding hydrogens is 351 g/mol. The van der Waals surface area contributed by atoms with E-state index in [-0.39, 0.29) is 17.6 Å². The van der Waals surface area contributed by atoms with Crippen molar-refractivity contribution in [2.24, 2.45) is 0 Å². The van der Waals surface area contributed by atoms with E-state index in [1.807, 2.05) is 0 Å². The zero-order chi connectivity index (χ0) is 17.3. The van der Waals surface area contributed by atoms with Crippen LogP contribution in [0.4, 0.5) is 15.8 Å². The molecular formula is C17H12ClFN2O2S. The number of anilines is 2. The molecule has 0 aliphatic rings. The third kappa shape index (κ3) is 3.39. The van der Waals surface area contributed by atoms with Crippen LogP contribution < -0.4 is 10.6 Å². The number of nitrogens with one attached hydrogen (secondary N) is 2. The molecule has 7 heteroatoms. The van der Waals surface area contributed by atoms with Crippen LogP contribution in [0.5, 0.6) is 0 Å². The SMILES string of the molecule is CC(=O)Nc1cccc(NC(=O)c2sc3cc(F)ccc3c2Cl)c1. The predicted octanol–water partition coefficient (Wildman–Crippen LogP) is 4.90. The van der Waals surface area contributed by atoms with Crippen molar-refractivity contribution in [1.82, 2.24) is 0 Å². The molecule has 3 rings (SSSR count). The van der Waals surface area contributed by atoms with Crippen LogP contribution in [0.2, 0.25) is 5.02 Å². The lowest BCUT2D eigenvalue weighted by molar-refractivity contribution is -0.114. The first-order chi connectivity index (χ1) is 11.4. The quantitative estimate of drug-likeness (QED) is 0.695. The molecule has 0 aliphatic heterocycles. The summed E-state index contributed by atoms with van der Waals surface area (Å²) < 4.78 is 13.9. The van der Waals surface area contributed by atoms with Crippen molar-refractivity contribution in [3.8, 4) is 0 Å². The maximum atomic E-state index is 13.3. The maximum Gasteiger partial charge on any atom is 0.267 e. The van der Waals surface area contributed by atoms with E-state index < -0.39 is 0 Å². The van der Waals surface area contributed by atoms with Gasteiger partial charge in [-0.1, -0.05) is 17.7 Å². The Morgan fingerprint density at radius 3 is 2.50 bits per heavy atom. The summed E-state index contributed by atoms with van der Waals surface area (Å²) in [5.41, 5.74) is 1.09. The number of fused-ring (bicyclic) bond motifs is 1. The number of hydrogen-bond donors (Lipinski definition) is 2. The Morgan fingerprint density at radius 1 is 1.08 bits per heavy atom. The third-order valence-electron chi connectivity index (χ3n) is 3.24. The van der Waals surface area contributed by atoms with E-state index in [1.165, 1.54) is 19.1 Å². The largest absolute Gasteiger partial charge is 0.326 e. The van der Waals surface area contributed by atoms with Crippen LogP contribution in [0.25, 0.3) is 10.1 Å². The Kier molecular flexibility index (Phi) is 4.51. The molecule has 0 aliphatic carbocycles. The van der Waals surface area contributed by atoms with E-state index in [0.717, 1.165) is 11.3 Å². The number of thiophene rings is 1. The second-order valence-corrected chi connectivity index (χ2v) is 6.53. The van der Waals surface area contributed by atoms with Gasteiger partial charge in [0.15, 0.2) is 0 Å². The van der Waals surface area contributed by atoms with Gasteiger partial charge in [0.05, 0.1) is 5.02 Å². The first-order valence-electron chi connectivity index (χ1n) is 7.00. The predicted molar refractivity (Wildman–Crippen MR) is 95.5 cm³/mol. The molecule has 2 aromatic carbocycles. The summed E-state index contributed by atoms with van der Waals surface area (Å²) >= 11 is 7.37. The molecule has 0 unspecified atom stereocenters. The fourth-order valence-corrected chi connectivity index (χ4v) is 3.69. The van der Waals surface area contributed by atoms with Crippen LogP contribution in [0.1, 0.15) is 16.6 Å². The summed E-state index contributed by atoms with van der Waals surface area (Å²) in [5.74, 6) is -0.968. The monoisotopic (exact) mass is 362 g/mol. The zero-order valence-corrected chi connectivity index (χ0v) is 14.1. The summed E-state index contributed by atoms with van der Waals surface area (Å²) in [5, 5.41) is 6.31. The molecule has 24 heavy (non-hydrogen) atoms. The molecule has 1 heterocycles. The summed E-state index contributed by atoms with van der Waals surface area (Å²) in [6.07, 6.45) is 0. The summed E-state index contributed by atoms with van der Waals surface area (Å²) in [6, 6.07) is 11.0. The Morgan fingerprint density at radius 2 is 1.79 bits per heavy atom. The van der Waals surface area contributed by atoms with Crippen LogP contribution >= 0.6 is 22.9 Å². The molecule has 4 nitrogen and oxygen atoms in total. The molecule has 2 amide bonds. The highest BCUT2D eigenvalue weighted by Crippen LogP contribution is 2.36. The molecule has 2 N–H and O–H groups in total. The van der Waals surface area contributed by atoms with E-state index >= 15 is 0 Å². The molecule has 0 spiro atoms. The molecule has 0 bridgehead atoms. The second kappa shape index (κ2) is 6.59. The van der Waals surface area contributed by atoms with E-state index in [2.05, 4.69) is 10.6 Å². The fourth-order valence-electron chi connectivity index (χ4n) is 2.25. The molecule has 0 atom stereocenters. The fraction of sp³-hybridized carbons (Fsp3) is 0.0588. The Bertz CT molecular complexity index is 955. The molecule has 3 aromatic rings. The van der Waals surface area contributed by atoms with E-state index in [1.54, 1.807) is 30.3 Å². The van der Waals surface area contributed by atoms with Gasteiger partial charge < -0.3 is 10.6 Å². The summed E-state index contributed by atoms with van der Waals surface area (Å²) in [6.45, 7) is 1.40. The van der Waals surface area contributed by atoms with Gasteiger partial charge in [-0.25, -0.2) is 4.39 Å². The van der Waals surface area contributed by atoms with Gasteiger partial charge >= 0.3 is 0 Å². The molecule has 0 saturated carbocycles. The molecule has 122 valence electrons. The number of carbonyl (C=O) groups excluding carboxylic acids is 2. The number of hydrogen-bond acceptors (Lipinski definition) is 3. The van der Waals surface area contributed by atoms with Crippen molar-refractivity contribution in [2.75, 3.05) is 10.6 Å². The first-order valence-corrected chi connectivity index (χ1v) is 8.20. The number of halogens is 2. The van der Waals surface area contributed by atoms with Crippen LogP contribution in [-0.2, 0) is 4.79 Å². The van der Waals surface area contributed by atoms with E-state index in [0.29, 0.717) is 31.4 Å². The van der Waals surface area contributed by atoms with Crippen molar-refractivity contribution in [3.63, 3.8) is 0 Å². The smallest absolute Gasteiger partial charge is 0.267 e. The van der Waals surface area contributed by atoms with Crippen molar-refractivity contribution in [2.45, 2.75) is 6.92 Å². The number of amides is 2. The van der Waals surface area contributed by atoms with Gasteiger partial charge in [-0.2, -0.15) is 0 Å². The minimum Gasteiger partial charge on any atom is -0.326 e. The Hall–Kier alpha value is -2.44. The van der Waals surface area contributed by atoms with E-state index in [9.17, 15) is 14.0 Å².